The minimum absolute atomic E-state index is 0.540. The molecule has 0 bridgehead atoms. The lowest BCUT2D eigenvalue weighted by Gasteiger charge is -2.08. The molecule has 0 unspecified atom stereocenters. The molecule has 17 heavy (non-hydrogen) atoms. The molecule has 5 heteroatoms. The van der Waals surface area contributed by atoms with Crippen molar-refractivity contribution in [2.75, 3.05) is 5.73 Å². The summed E-state index contributed by atoms with van der Waals surface area (Å²) in [5.74, 6) is 0. The van der Waals surface area contributed by atoms with Gasteiger partial charge in [0.25, 0.3) is 0 Å². The van der Waals surface area contributed by atoms with Crippen LogP contribution in [0, 0.1) is 25.2 Å². The molecular weight excluding hydrogens is 236 g/mol. The molecule has 0 saturated carbocycles. The first-order chi connectivity index (χ1) is 8.04. The molecule has 4 nitrogen and oxygen atoms in total. The first kappa shape index (κ1) is 11.5. The lowest BCUT2D eigenvalue weighted by molar-refractivity contribution is 0.835. The normalized spacial score (nSPS) is 10.2. The second-order valence-corrected chi connectivity index (χ2v) is 4.16. The third kappa shape index (κ3) is 1.85. The highest BCUT2D eigenvalue weighted by Crippen LogP contribution is 2.25. The minimum atomic E-state index is 0.540. The zero-order chi connectivity index (χ0) is 12.6. The first-order valence-electron chi connectivity index (χ1n) is 5.06. The fraction of sp³-hybridized carbons (Fsp3) is 0.167. The van der Waals surface area contributed by atoms with E-state index in [4.69, 9.17) is 22.6 Å². The quantitative estimate of drug-likeness (QED) is 0.787. The van der Waals surface area contributed by atoms with Gasteiger partial charge in [-0.1, -0.05) is 11.6 Å². The summed E-state index contributed by atoms with van der Waals surface area (Å²) in [5.41, 5.74) is 9.22. The molecule has 0 spiro atoms. The number of halogens is 1. The molecular formula is C12H11ClN4. The van der Waals surface area contributed by atoms with E-state index in [-0.39, 0.29) is 0 Å². The van der Waals surface area contributed by atoms with E-state index in [2.05, 4.69) is 11.2 Å². The van der Waals surface area contributed by atoms with Crippen LogP contribution in [0.4, 0.5) is 5.69 Å². The molecule has 0 aliphatic heterocycles. The van der Waals surface area contributed by atoms with Gasteiger partial charge in [-0.3, -0.25) is 0 Å². The monoisotopic (exact) mass is 246 g/mol. The van der Waals surface area contributed by atoms with Gasteiger partial charge in [-0.25, -0.2) is 4.68 Å². The summed E-state index contributed by atoms with van der Waals surface area (Å²) in [6.07, 6.45) is 0. The topological polar surface area (TPSA) is 67.6 Å². The van der Waals surface area contributed by atoms with Gasteiger partial charge in [0.05, 0.1) is 39.4 Å². The van der Waals surface area contributed by atoms with E-state index in [0.29, 0.717) is 22.0 Å². The summed E-state index contributed by atoms with van der Waals surface area (Å²) in [6.45, 7) is 3.69. The van der Waals surface area contributed by atoms with Crippen LogP contribution in [0.1, 0.15) is 17.0 Å². The Balaban J connectivity index is 2.68. The smallest absolute Gasteiger partial charge is 0.0992 e. The second kappa shape index (κ2) is 4.11. The van der Waals surface area contributed by atoms with E-state index >= 15 is 0 Å². The Morgan fingerprint density at radius 2 is 2.12 bits per heavy atom. The van der Waals surface area contributed by atoms with Crippen LogP contribution in [0.3, 0.4) is 0 Å². The molecule has 0 saturated heterocycles. The molecule has 0 atom stereocenters. The van der Waals surface area contributed by atoms with Crippen molar-refractivity contribution in [1.82, 2.24) is 9.78 Å². The van der Waals surface area contributed by atoms with Gasteiger partial charge in [0.1, 0.15) is 0 Å². The summed E-state index contributed by atoms with van der Waals surface area (Å²) in [7, 11) is 0. The van der Waals surface area contributed by atoms with Crippen molar-refractivity contribution in [3.63, 3.8) is 0 Å². The van der Waals surface area contributed by atoms with Crippen LogP contribution in [0.2, 0.25) is 5.02 Å². The van der Waals surface area contributed by atoms with Crippen molar-refractivity contribution in [1.29, 1.82) is 5.26 Å². The minimum Gasteiger partial charge on any atom is -0.397 e. The molecule has 1 aromatic heterocycles. The highest BCUT2D eigenvalue weighted by Gasteiger charge is 2.13. The van der Waals surface area contributed by atoms with Crippen molar-refractivity contribution in [2.24, 2.45) is 0 Å². The van der Waals surface area contributed by atoms with Gasteiger partial charge >= 0.3 is 0 Å². The molecule has 2 N–H and O–H groups in total. The standard InChI is InChI=1S/C12H11ClN4/c1-7-12(13)8(2)17(16-7)11-5-9(6-14)3-4-10(11)15/h3-5H,15H2,1-2H3. The van der Waals surface area contributed by atoms with E-state index in [9.17, 15) is 0 Å². The van der Waals surface area contributed by atoms with Crippen molar-refractivity contribution in [3.8, 4) is 11.8 Å². The number of nitriles is 1. The Bertz CT molecular complexity index is 622. The molecule has 0 fully saturated rings. The van der Waals surface area contributed by atoms with Crippen molar-refractivity contribution >= 4 is 17.3 Å². The van der Waals surface area contributed by atoms with Gasteiger partial charge in [-0.05, 0) is 32.0 Å². The van der Waals surface area contributed by atoms with Gasteiger partial charge in [-0.15, -0.1) is 0 Å². The number of benzene rings is 1. The predicted molar refractivity (Wildman–Crippen MR) is 67.2 cm³/mol. The zero-order valence-electron chi connectivity index (χ0n) is 9.53. The Morgan fingerprint density at radius 1 is 1.41 bits per heavy atom. The highest BCUT2D eigenvalue weighted by atomic mass is 35.5. The molecule has 2 aromatic rings. The fourth-order valence-corrected chi connectivity index (χ4v) is 1.77. The third-order valence-electron chi connectivity index (χ3n) is 2.59. The number of hydrogen-bond donors (Lipinski definition) is 1. The van der Waals surface area contributed by atoms with Gasteiger partial charge < -0.3 is 5.73 Å². The van der Waals surface area contributed by atoms with E-state index in [0.717, 1.165) is 11.4 Å². The Labute approximate surface area is 104 Å². The van der Waals surface area contributed by atoms with Gasteiger partial charge in [0, 0.05) is 0 Å². The first-order valence-corrected chi connectivity index (χ1v) is 5.44. The maximum absolute atomic E-state index is 8.88. The maximum atomic E-state index is 8.88. The lowest BCUT2D eigenvalue weighted by atomic mass is 10.2. The summed E-state index contributed by atoms with van der Waals surface area (Å²) >= 11 is 6.09. The molecule has 1 heterocycles. The molecule has 86 valence electrons. The van der Waals surface area contributed by atoms with Crippen LogP contribution < -0.4 is 5.73 Å². The van der Waals surface area contributed by atoms with Crippen molar-refractivity contribution in [3.05, 3.63) is 40.2 Å². The molecule has 0 aliphatic carbocycles. The highest BCUT2D eigenvalue weighted by molar-refractivity contribution is 6.31. The van der Waals surface area contributed by atoms with Crippen LogP contribution in [0.5, 0.6) is 0 Å². The average Bonchev–Trinajstić information content (AvgIpc) is 2.58. The van der Waals surface area contributed by atoms with E-state index in [1.54, 1.807) is 22.9 Å². The fourth-order valence-electron chi connectivity index (χ4n) is 1.65. The SMILES string of the molecule is Cc1nn(-c2cc(C#N)ccc2N)c(C)c1Cl. The Kier molecular flexibility index (Phi) is 2.78. The number of anilines is 1. The van der Waals surface area contributed by atoms with Crippen LogP contribution in [-0.4, -0.2) is 9.78 Å². The van der Waals surface area contributed by atoms with Crippen molar-refractivity contribution < 1.29 is 0 Å². The van der Waals surface area contributed by atoms with Gasteiger partial charge in [-0.2, -0.15) is 10.4 Å². The average molecular weight is 247 g/mol. The zero-order valence-corrected chi connectivity index (χ0v) is 10.3. The van der Waals surface area contributed by atoms with Crippen molar-refractivity contribution in [2.45, 2.75) is 13.8 Å². The number of aromatic nitrogens is 2. The lowest BCUT2D eigenvalue weighted by Crippen LogP contribution is -2.03. The van der Waals surface area contributed by atoms with E-state index < -0.39 is 0 Å². The summed E-state index contributed by atoms with van der Waals surface area (Å²) < 4.78 is 1.66. The van der Waals surface area contributed by atoms with Crippen LogP contribution >= 0.6 is 11.6 Å². The third-order valence-corrected chi connectivity index (χ3v) is 3.14. The second-order valence-electron chi connectivity index (χ2n) is 3.78. The maximum Gasteiger partial charge on any atom is 0.0992 e. The molecule has 2 rings (SSSR count). The number of nitrogens with zero attached hydrogens (tertiary/aromatic N) is 3. The van der Waals surface area contributed by atoms with Crippen LogP contribution in [0.25, 0.3) is 5.69 Å². The van der Waals surface area contributed by atoms with Crippen LogP contribution in [-0.2, 0) is 0 Å². The number of aryl methyl sites for hydroxylation is 1. The predicted octanol–water partition coefficient (Wildman–Crippen LogP) is 2.60. The number of rotatable bonds is 1. The summed E-state index contributed by atoms with van der Waals surface area (Å²) in [6, 6.07) is 7.14. The van der Waals surface area contributed by atoms with Crippen LogP contribution in [0.15, 0.2) is 18.2 Å². The Morgan fingerprint density at radius 3 is 2.65 bits per heavy atom. The summed E-state index contributed by atoms with van der Waals surface area (Å²) in [5, 5.41) is 13.8. The molecule has 0 aliphatic rings. The molecule has 0 radical (unpaired) electrons. The van der Waals surface area contributed by atoms with Gasteiger partial charge in [0.15, 0.2) is 0 Å². The number of hydrogen-bond acceptors (Lipinski definition) is 3. The number of nitrogens with two attached hydrogens (primary N) is 1. The molecule has 0 amide bonds. The van der Waals surface area contributed by atoms with E-state index in [1.807, 2.05) is 13.8 Å². The summed E-state index contributed by atoms with van der Waals surface area (Å²) in [4.78, 5) is 0. The van der Waals surface area contributed by atoms with E-state index in [1.165, 1.54) is 0 Å². The largest absolute Gasteiger partial charge is 0.397 e. The number of nitrogen functional groups attached to an aromatic ring is 1. The molecule has 1 aromatic carbocycles. The van der Waals surface area contributed by atoms with Gasteiger partial charge in [0.2, 0.25) is 0 Å². The Hall–Kier alpha value is -1.99.